The van der Waals surface area contributed by atoms with E-state index in [0.29, 0.717) is 63.4 Å². The monoisotopic (exact) mass is 952 g/mol. The van der Waals surface area contributed by atoms with E-state index in [1.54, 1.807) is 45.5 Å². The highest BCUT2D eigenvalue weighted by molar-refractivity contribution is 5.94. The molecule has 1 N–H and O–H groups in total. The molecule has 2 amide bonds. The van der Waals surface area contributed by atoms with Crippen LogP contribution in [0.5, 0.6) is 28.7 Å². The Morgan fingerprint density at radius 2 is 1.28 bits per heavy atom. The number of carbonyl (C=O) groups excluding carboxylic acids is 4. The van der Waals surface area contributed by atoms with E-state index in [4.69, 9.17) is 33.2 Å². The molecule has 1 aliphatic carbocycles. The predicted octanol–water partition coefficient (Wildman–Crippen LogP) is 9.60. The molecule has 5 fully saturated rings. The summed E-state index contributed by atoms with van der Waals surface area (Å²) in [7, 11) is 6.52. The van der Waals surface area contributed by atoms with Gasteiger partial charge in [-0.2, -0.15) is 0 Å². The van der Waals surface area contributed by atoms with Crippen molar-refractivity contribution in [3.63, 3.8) is 0 Å². The van der Waals surface area contributed by atoms with Gasteiger partial charge in [0.15, 0.2) is 23.0 Å². The Labute approximate surface area is 406 Å². The summed E-state index contributed by atoms with van der Waals surface area (Å²) in [4.78, 5) is 47.2. The number of carbonyl (C=O) groups is 4. The number of nitrogens with one attached hydrogen (secondary N) is 1. The number of benzene rings is 4. The van der Waals surface area contributed by atoms with Crippen LogP contribution < -0.4 is 33.9 Å². The smallest absolute Gasteiger partial charge is 0.306 e. The van der Waals surface area contributed by atoms with Crippen molar-refractivity contribution in [2.75, 3.05) is 59.6 Å². The van der Waals surface area contributed by atoms with E-state index in [2.05, 4.69) is 24.4 Å². The minimum atomic E-state index is -0.245. The zero-order valence-electron chi connectivity index (χ0n) is 40.8. The summed E-state index contributed by atoms with van der Waals surface area (Å²) < 4.78 is 49.8. The zero-order chi connectivity index (χ0) is 49.1. The molecule has 69 heavy (non-hydrogen) atoms. The first-order chi connectivity index (χ1) is 33.4. The quantitative estimate of drug-likeness (QED) is 0.135. The highest BCUT2D eigenvalue weighted by Crippen LogP contribution is 2.35. The van der Waals surface area contributed by atoms with Crippen molar-refractivity contribution in [1.82, 2.24) is 5.32 Å². The maximum atomic E-state index is 13.0. The maximum Gasteiger partial charge on any atom is 0.306 e. The van der Waals surface area contributed by atoms with Crippen LogP contribution in [0.2, 0.25) is 0 Å². The topological polar surface area (TPSA) is 148 Å². The lowest BCUT2D eigenvalue weighted by Gasteiger charge is -2.32. The minimum Gasteiger partial charge on any atom is -0.497 e. The third kappa shape index (κ3) is 16.1. The fraction of sp³-hybridized carbons (Fsp3) is 0.491. The molecule has 0 bridgehead atoms. The average molecular weight is 953 g/mol. The number of piperidine rings is 1. The van der Waals surface area contributed by atoms with Crippen LogP contribution in [0.3, 0.4) is 0 Å². The number of esters is 2. The number of cyclic esters (lactones) is 2. The van der Waals surface area contributed by atoms with Crippen LogP contribution in [0, 0.1) is 23.6 Å². The van der Waals surface area contributed by atoms with Gasteiger partial charge in [0, 0.05) is 44.0 Å². The SMILES string of the molecule is CC1CCCOC(=O)C1.COc1ccc(CC2CNC(=O)C2)cc1OC1CCCC1.COc1ccc(CC2COC(=O)C2)cc1OC.COc1ccc(N2CCC(c3ccc(F)cc3)CC2=O)cc1. The van der Waals surface area contributed by atoms with Gasteiger partial charge in [-0.1, -0.05) is 31.2 Å². The molecule has 4 saturated heterocycles. The lowest BCUT2D eigenvalue weighted by atomic mass is 9.89. The molecule has 13 nitrogen and oxygen atoms in total. The second-order valence-electron chi connectivity index (χ2n) is 18.4. The summed E-state index contributed by atoms with van der Waals surface area (Å²) in [6.45, 7) is 4.69. The molecular weight excluding hydrogens is 884 g/mol. The molecule has 4 aliphatic heterocycles. The number of amides is 2. The van der Waals surface area contributed by atoms with Crippen molar-refractivity contribution in [3.8, 4) is 28.7 Å². The van der Waals surface area contributed by atoms with Gasteiger partial charge >= 0.3 is 11.9 Å². The van der Waals surface area contributed by atoms with Crippen LogP contribution in [0.1, 0.15) is 100 Å². The Kier molecular flexibility index (Phi) is 20.0. The molecule has 0 aromatic heterocycles. The van der Waals surface area contributed by atoms with Gasteiger partial charge in [-0.15, -0.1) is 0 Å². The molecule has 14 heteroatoms. The molecule has 1 saturated carbocycles. The second-order valence-corrected chi connectivity index (χ2v) is 18.4. The number of hydrogen-bond acceptors (Lipinski definition) is 11. The van der Waals surface area contributed by atoms with Gasteiger partial charge in [-0.25, -0.2) is 4.39 Å². The third-order valence-electron chi connectivity index (χ3n) is 13.1. The van der Waals surface area contributed by atoms with Crippen molar-refractivity contribution >= 4 is 29.4 Å². The Morgan fingerprint density at radius 1 is 0.638 bits per heavy atom. The van der Waals surface area contributed by atoms with E-state index in [-0.39, 0.29) is 41.4 Å². The third-order valence-corrected chi connectivity index (χ3v) is 13.1. The number of hydrogen-bond donors (Lipinski definition) is 1. The fourth-order valence-corrected chi connectivity index (χ4v) is 9.26. The van der Waals surface area contributed by atoms with Crippen molar-refractivity contribution in [3.05, 3.63) is 107 Å². The summed E-state index contributed by atoms with van der Waals surface area (Å²) in [5.74, 6) is 5.12. The second kappa shape index (κ2) is 26.4. The van der Waals surface area contributed by atoms with E-state index < -0.39 is 0 Å². The lowest BCUT2D eigenvalue weighted by Crippen LogP contribution is -2.38. The van der Waals surface area contributed by atoms with Gasteiger partial charge in [-0.05, 0) is 153 Å². The molecule has 4 aromatic carbocycles. The summed E-state index contributed by atoms with van der Waals surface area (Å²) in [5, 5.41) is 2.89. The maximum absolute atomic E-state index is 13.0. The van der Waals surface area contributed by atoms with Crippen molar-refractivity contribution in [2.24, 2.45) is 17.8 Å². The lowest BCUT2D eigenvalue weighted by molar-refractivity contribution is -0.143. The Hall–Kier alpha value is -6.31. The van der Waals surface area contributed by atoms with Crippen LogP contribution in [0.15, 0.2) is 84.9 Å². The Balaban J connectivity index is 0.000000157. The first-order valence-corrected chi connectivity index (χ1v) is 24.3. The summed E-state index contributed by atoms with van der Waals surface area (Å²) in [6, 6.07) is 25.9. The van der Waals surface area contributed by atoms with E-state index >= 15 is 0 Å². The molecule has 9 rings (SSSR count). The number of anilines is 1. The first kappa shape index (κ1) is 52.1. The highest BCUT2D eigenvalue weighted by atomic mass is 19.1. The van der Waals surface area contributed by atoms with Crippen molar-refractivity contribution in [2.45, 2.75) is 102 Å². The van der Waals surface area contributed by atoms with Crippen molar-refractivity contribution < 1.29 is 56.7 Å². The van der Waals surface area contributed by atoms with Gasteiger partial charge in [0.2, 0.25) is 11.8 Å². The molecule has 4 heterocycles. The summed E-state index contributed by atoms with van der Waals surface area (Å²) in [6.07, 6.45) is 12.1. The molecule has 4 aromatic rings. The first-order valence-electron chi connectivity index (χ1n) is 24.3. The summed E-state index contributed by atoms with van der Waals surface area (Å²) in [5.41, 5.74) is 4.27. The van der Waals surface area contributed by atoms with Gasteiger partial charge in [0.1, 0.15) is 11.6 Å². The van der Waals surface area contributed by atoms with Gasteiger partial charge < -0.3 is 43.4 Å². The van der Waals surface area contributed by atoms with Crippen LogP contribution >= 0.6 is 0 Å². The van der Waals surface area contributed by atoms with E-state index in [1.807, 2.05) is 48.5 Å². The number of halogens is 1. The molecule has 5 aliphatic rings. The largest absolute Gasteiger partial charge is 0.497 e. The van der Waals surface area contributed by atoms with E-state index in [9.17, 15) is 23.6 Å². The van der Waals surface area contributed by atoms with Gasteiger partial charge in [-0.3, -0.25) is 19.2 Å². The van der Waals surface area contributed by atoms with Crippen LogP contribution in [-0.2, 0) is 41.5 Å². The zero-order valence-corrected chi connectivity index (χ0v) is 40.8. The average Bonchev–Trinajstić information content (AvgIpc) is 4.11. The summed E-state index contributed by atoms with van der Waals surface area (Å²) >= 11 is 0. The number of nitrogens with zero attached hydrogens (tertiary/aromatic N) is 1. The standard InChI is InChI=1S/C18H18FNO2.C17H23NO3.C13H16O4.C7H12O2/c1-22-17-8-6-16(7-9-17)20-11-10-14(12-18(20)21)13-2-4-15(19)5-3-13;1-20-15-7-6-12(8-13-10-17(19)18-11-13)9-16(15)21-14-4-2-3-5-14;1-15-11-4-3-9(6-12(11)16-2)5-10-7-13(14)17-8-10;1-6-3-2-4-9-7(8)5-6/h2-9,14H,10-12H2,1H3;6-7,9,13-14H,2-5,8,10-11H2,1H3,(H,18,19);3-4,6,10H,5,7-8H2,1-2H3;6H,2-5H2,1H3. The molecule has 4 unspecified atom stereocenters. The van der Waals surface area contributed by atoms with Gasteiger partial charge in [0.05, 0.1) is 54.2 Å². The Morgan fingerprint density at radius 3 is 1.87 bits per heavy atom. The van der Waals surface area contributed by atoms with Gasteiger partial charge in [0.25, 0.3) is 0 Å². The molecule has 0 spiro atoms. The molecule has 4 atom stereocenters. The number of ether oxygens (including phenoxy) is 7. The minimum absolute atomic E-state index is 0.0278. The molecule has 372 valence electrons. The fourth-order valence-electron chi connectivity index (χ4n) is 9.26. The number of methoxy groups -OCH3 is 4. The van der Waals surface area contributed by atoms with Crippen molar-refractivity contribution in [1.29, 1.82) is 0 Å². The van der Waals surface area contributed by atoms with Crippen LogP contribution in [-0.4, -0.2) is 84.6 Å². The van der Waals surface area contributed by atoms with E-state index in [1.165, 1.54) is 30.5 Å². The highest BCUT2D eigenvalue weighted by Gasteiger charge is 2.28. The van der Waals surface area contributed by atoms with E-state index in [0.717, 1.165) is 97.1 Å². The Bertz CT molecular complexity index is 2280. The molecular formula is C55H69FN2O11. The van der Waals surface area contributed by atoms with Crippen LogP contribution in [0.4, 0.5) is 10.1 Å². The predicted molar refractivity (Wildman–Crippen MR) is 261 cm³/mol. The molecule has 0 radical (unpaired) electrons. The van der Waals surface area contributed by atoms with Crippen LogP contribution in [0.25, 0.3) is 0 Å². The normalized spacial score (nSPS) is 21.1. The number of rotatable bonds is 12.